The highest BCUT2D eigenvalue weighted by atomic mass is 16.5. The van der Waals surface area contributed by atoms with Gasteiger partial charge in [0.1, 0.15) is 11.3 Å². The third-order valence-electron chi connectivity index (χ3n) is 4.47. The smallest absolute Gasteiger partial charge is 0.261 e. The van der Waals surface area contributed by atoms with E-state index in [1.807, 2.05) is 23.6 Å². The van der Waals surface area contributed by atoms with Crippen molar-refractivity contribution in [3.63, 3.8) is 0 Å². The van der Waals surface area contributed by atoms with Crippen LogP contribution in [0.1, 0.15) is 22.8 Å². The highest BCUT2D eigenvalue weighted by Crippen LogP contribution is 2.24. The number of carbonyl (C=O) groups is 1. The van der Waals surface area contributed by atoms with Gasteiger partial charge in [-0.1, -0.05) is 12.1 Å². The number of nitrogens with zero attached hydrogens (tertiary/aromatic N) is 1. The second-order valence-corrected chi connectivity index (χ2v) is 6.04. The number of hydrogen-bond acceptors (Lipinski definition) is 3. The monoisotopic (exact) mass is 334 g/mol. The van der Waals surface area contributed by atoms with E-state index in [1.165, 1.54) is 0 Å². The molecule has 0 fully saturated rings. The molecule has 1 N–H and O–H groups in total. The molecule has 0 bridgehead atoms. The lowest BCUT2D eigenvalue weighted by Crippen LogP contribution is -2.23. The van der Waals surface area contributed by atoms with Gasteiger partial charge in [-0.2, -0.15) is 0 Å². The van der Waals surface area contributed by atoms with Crippen LogP contribution in [-0.4, -0.2) is 17.1 Å². The zero-order valence-corrected chi connectivity index (χ0v) is 13.9. The molecule has 1 amide bonds. The molecule has 3 aromatic rings. The van der Waals surface area contributed by atoms with Crippen molar-refractivity contribution in [1.82, 2.24) is 4.57 Å². The van der Waals surface area contributed by atoms with Gasteiger partial charge in [0.25, 0.3) is 5.91 Å². The molecule has 5 nitrogen and oxygen atoms in total. The van der Waals surface area contributed by atoms with E-state index in [1.54, 1.807) is 36.5 Å². The van der Waals surface area contributed by atoms with Crippen LogP contribution in [0.5, 0.6) is 5.75 Å². The topological polar surface area (TPSA) is 60.3 Å². The van der Waals surface area contributed by atoms with Gasteiger partial charge < -0.3 is 14.6 Å². The Morgan fingerprint density at radius 3 is 2.76 bits per heavy atom. The maximum absolute atomic E-state index is 12.7. The summed E-state index contributed by atoms with van der Waals surface area (Å²) in [5.41, 5.74) is 2.68. The third kappa shape index (κ3) is 2.67. The van der Waals surface area contributed by atoms with Gasteiger partial charge in [-0.15, -0.1) is 0 Å². The molecule has 5 heteroatoms. The number of para-hydroxylation sites is 1. The first kappa shape index (κ1) is 15.4. The summed E-state index contributed by atoms with van der Waals surface area (Å²) in [4.78, 5) is 25.4. The van der Waals surface area contributed by atoms with E-state index in [4.69, 9.17) is 4.74 Å². The summed E-state index contributed by atoms with van der Waals surface area (Å²) >= 11 is 0. The van der Waals surface area contributed by atoms with E-state index < -0.39 is 5.91 Å². The fraction of sp³-hybridized carbons (Fsp3) is 0.200. The maximum Gasteiger partial charge on any atom is 0.261 e. The quantitative estimate of drug-likeness (QED) is 0.797. The minimum absolute atomic E-state index is 0.167. The normalized spacial score (nSPS) is 12.4. The molecule has 2 aromatic carbocycles. The van der Waals surface area contributed by atoms with Gasteiger partial charge in [0.2, 0.25) is 5.43 Å². The Kier molecular flexibility index (Phi) is 3.76. The van der Waals surface area contributed by atoms with Crippen LogP contribution in [0.2, 0.25) is 0 Å². The number of nitrogens with one attached hydrogen (secondary N) is 1. The number of amides is 1. The molecule has 126 valence electrons. The van der Waals surface area contributed by atoms with Crippen LogP contribution >= 0.6 is 0 Å². The molecule has 0 unspecified atom stereocenters. The number of benzene rings is 2. The predicted molar refractivity (Wildman–Crippen MR) is 97.5 cm³/mol. The molecule has 0 saturated carbocycles. The Morgan fingerprint density at radius 1 is 1.20 bits per heavy atom. The van der Waals surface area contributed by atoms with Crippen molar-refractivity contribution >= 4 is 22.5 Å². The van der Waals surface area contributed by atoms with Crippen molar-refractivity contribution in [2.45, 2.75) is 19.9 Å². The van der Waals surface area contributed by atoms with Crippen molar-refractivity contribution in [2.75, 3.05) is 11.9 Å². The van der Waals surface area contributed by atoms with E-state index in [9.17, 15) is 9.59 Å². The highest BCUT2D eigenvalue weighted by Gasteiger charge is 2.20. The summed E-state index contributed by atoms with van der Waals surface area (Å²) in [6.45, 7) is 3.29. The summed E-state index contributed by atoms with van der Waals surface area (Å²) in [7, 11) is 0. The predicted octanol–water partition coefficient (Wildman–Crippen LogP) is 3.21. The van der Waals surface area contributed by atoms with Crippen molar-refractivity contribution < 1.29 is 9.53 Å². The van der Waals surface area contributed by atoms with E-state index >= 15 is 0 Å². The molecule has 0 saturated heterocycles. The molecule has 2 heterocycles. The van der Waals surface area contributed by atoms with E-state index in [2.05, 4.69) is 5.32 Å². The lowest BCUT2D eigenvalue weighted by molar-refractivity contribution is 0.102. The molecule has 0 aliphatic carbocycles. The Labute approximate surface area is 144 Å². The molecular formula is C20H18N2O3. The third-order valence-corrected chi connectivity index (χ3v) is 4.47. The van der Waals surface area contributed by atoms with Crippen molar-refractivity contribution in [2.24, 2.45) is 0 Å². The van der Waals surface area contributed by atoms with E-state index in [0.717, 1.165) is 29.8 Å². The molecular weight excluding hydrogens is 316 g/mol. The Hall–Kier alpha value is -3.08. The zero-order chi connectivity index (χ0) is 17.4. The van der Waals surface area contributed by atoms with E-state index in [0.29, 0.717) is 17.7 Å². The summed E-state index contributed by atoms with van der Waals surface area (Å²) in [5, 5.41) is 3.40. The second-order valence-electron chi connectivity index (χ2n) is 6.04. The minimum atomic E-state index is -0.392. The van der Waals surface area contributed by atoms with Crippen LogP contribution < -0.4 is 15.5 Å². The minimum Gasteiger partial charge on any atom is -0.494 e. The first-order chi connectivity index (χ1) is 12.2. The van der Waals surface area contributed by atoms with Crippen LogP contribution in [0.25, 0.3) is 10.9 Å². The molecule has 0 radical (unpaired) electrons. The number of ether oxygens (including phenoxy) is 1. The zero-order valence-electron chi connectivity index (χ0n) is 13.9. The van der Waals surface area contributed by atoms with Gasteiger partial charge in [-0.25, -0.2) is 0 Å². The molecule has 1 aliphatic rings. The van der Waals surface area contributed by atoms with Gasteiger partial charge >= 0.3 is 0 Å². The number of aromatic nitrogens is 1. The van der Waals surface area contributed by atoms with Crippen LogP contribution in [-0.2, 0) is 13.0 Å². The summed E-state index contributed by atoms with van der Waals surface area (Å²) in [5.74, 6) is 0.351. The average molecular weight is 334 g/mol. The number of pyridine rings is 1. The first-order valence-electron chi connectivity index (χ1n) is 8.36. The van der Waals surface area contributed by atoms with Crippen LogP contribution in [0.4, 0.5) is 5.69 Å². The van der Waals surface area contributed by atoms with Crippen molar-refractivity contribution in [3.05, 3.63) is 70.0 Å². The summed E-state index contributed by atoms with van der Waals surface area (Å²) < 4.78 is 7.39. The second kappa shape index (κ2) is 6.09. The lowest BCUT2D eigenvalue weighted by atomic mass is 10.1. The number of rotatable bonds is 4. The highest BCUT2D eigenvalue weighted by molar-refractivity contribution is 6.06. The fourth-order valence-corrected chi connectivity index (χ4v) is 3.32. The summed E-state index contributed by atoms with van der Waals surface area (Å²) in [6, 6.07) is 12.8. The molecule has 25 heavy (non-hydrogen) atoms. The molecule has 1 aromatic heterocycles. The van der Waals surface area contributed by atoms with E-state index in [-0.39, 0.29) is 11.0 Å². The Bertz CT molecular complexity index is 1020. The van der Waals surface area contributed by atoms with Gasteiger partial charge in [0, 0.05) is 23.8 Å². The number of aryl methyl sites for hydroxylation is 2. The Morgan fingerprint density at radius 2 is 2.00 bits per heavy atom. The van der Waals surface area contributed by atoms with Gasteiger partial charge in [-0.3, -0.25) is 9.59 Å². The molecule has 4 rings (SSSR count). The first-order valence-corrected chi connectivity index (χ1v) is 8.36. The number of hydrogen-bond donors (Lipinski definition) is 1. The SMILES string of the molecule is CCOc1ccc(NC(=O)c2cn3c4c(cccc4c2=O)CC3)cc1. The van der Waals surface area contributed by atoms with Crippen molar-refractivity contribution in [3.8, 4) is 5.75 Å². The average Bonchev–Trinajstić information content (AvgIpc) is 3.04. The van der Waals surface area contributed by atoms with Crippen LogP contribution in [0.3, 0.4) is 0 Å². The molecule has 1 aliphatic heterocycles. The van der Waals surface area contributed by atoms with Crippen molar-refractivity contribution in [1.29, 1.82) is 0 Å². The molecule has 0 spiro atoms. The Balaban J connectivity index is 1.67. The lowest BCUT2D eigenvalue weighted by Gasteiger charge is -2.10. The van der Waals surface area contributed by atoms with Gasteiger partial charge in [-0.05, 0) is 49.2 Å². The fourth-order valence-electron chi connectivity index (χ4n) is 3.32. The number of carbonyl (C=O) groups excluding carboxylic acids is 1. The largest absolute Gasteiger partial charge is 0.494 e. The van der Waals surface area contributed by atoms with Crippen LogP contribution in [0.15, 0.2) is 53.5 Å². The van der Waals surface area contributed by atoms with Gasteiger partial charge in [0.15, 0.2) is 0 Å². The van der Waals surface area contributed by atoms with Crippen LogP contribution in [0, 0.1) is 0 Å². The molecule has 0 atom stereocenters. The number of anilines is 1. The summed E-state index contributed by atoms with van der Waals surface area (Å²) in [6.07, 6.45) is 2.56. The maximum atomic E-state index is 12.7. The standard InChI is InChI=1S/C20H18N2O3/c1-2-25-15-8-6-14(7-9-15)21-20(24)17-12-22-11-10-13-4-3-5-16(18(13)22)19(17)23/h3-9,12H,2,10-11H2,1H3,(H,21,24). The van der Waals surface area contributed by atoms with Gasteiger partial charge in [0.05, 0.1) is 12.1 Å².